The monoisotopic (exact) mass is 207 g/mol. The van der Waals surface area contributed by atoms with Gasteiger partial charge in [0.15, 0.2) is 5.78 Å². The number of ketones is 1. The van der Waals surface area contributed by atoms with E-state index in [1.54, 1.807) is 6.92 Å². The van der Waals surface area contributed by atoms with Crippen molar-refractivity contribution < 1.29 is 9.90 Å². The minimum Gasteiger partial charge on any atom is -0.389 e. The molecule has 1 fully saturated rings. The van der Waals surface area contributed by atoms with Crippen molar-refractivity contribution in [3.8, 4) is 0 Å². The zero-order chi connectivity index (χ0) is 11.1. The molecule has 3 heteroatoms. The second-order valence-electron chi connectivity index (χ2n) is 4.67. The highest BCUT2D eigenvalue weighted by molar-refractivity contribution is 5.97. The van der Waals surface area contributed by atoms with E-state index < -0.39 is 5.60 Å². The molecule has 1 N–H and O–H groups in total. The number of aryl methyl sites for hydroxylation is 1. The predicted molar refractivity (Wildman–Crippen MR) is 57.7 cm³/mol. The molecule has 1 aromatic rings. The van der Waals surface area contributed by atoms with Crippen molar-refractivity contribution in [3.05, 3.63) is 24.0 Å². The molecule has 2 rings (SSSR count). The molecule has 2 atom stereocenters. The van der Waals surface area contributed by atoms with Crippen LogP contribution in [-0.2, 0) is 7.05 Å². The van der Waals surface area contributed by atoms with Gasteiger partial charge < -0.3 is 9.67 Å². The van der Waals surface area contributed by atoms with Crippen LogP contribution in [0.3, 0.4) is 0 Å². The van der Waals surface area contributed by atoms with Crippen molar-refractivity contribution in [1.29, 1.82) is 0 Å². The van der Waals surface area contributed by atoms with Crippen LogP contribution in [0, 0.1) is 5.92 Å². The molecule has 1 saturated carbocycles. The third kappa shape index (κ3) is 1.72. The van der Waals surface area contributed by atoms with Crippen molar-refractivity contribution in [3.63, 3.8) is 0 Å². The number of nitrogens with zero attached hydrogens (tertiary/aromatic N) is 1. The van der Waals surface area contributed by atoms with Gasteiger partial charge in [0.25, 0.3) is 0 Å². The molecular weight excluding hydrogens is 190 g/mol. The Morgan fingerprint density at radius 1 is 1.67 bits per heavy atom. The lowest BCUT2D eigenvalue weighted by atomic mass is 9.88. The number of hydrogen-bond acceptors (Lipinski definition) is 2. The molecule has 0 saturated heterocycles. The second kappa shape index (κ2) is 3.49. The predicted octanol–water partition coefficient (Wildman–Crippen LogP) is 1.76. The number of carbonyl (C=O) groups excluding carboxylic acids is 1. The van der Waals surface area contributed by atoms with Gasteiger partial charge in [-0.25, -0.2) is 0 Å². The molecule has 82 valence electrons. The summed E-state index contributed by atoms with van der Waals surface area (Å²) in [5, 5.41) is 10.1. The van der Waals surface area contributed by atoms with Gasteiger partial charge in [-0.3, -0.25) is 4.79 Å². The molecule has 0 bridgehead atoms. The number of aliphatic hydroxyl groups is 1. The van der Waals surface area contributed by atoms with Gasteiger partial charge in [-0.15, -0.1) is 0 Å². The minimum absolute atomic E-state index is 0.0741. The van der Waals surface area contributed by atoms with Crippen LogP contribution in [0.15, 0.2) is 18.3 Å². The van der Waals surface area contributed by atoms with E-state index in [4.69, 9.17) is 0 Å². The van der Waals surface area contributed by atoms with E-state index in [0.29, 0.717) is 5.69 Å². The fourth-order valence-electron chi connectivity index (χ4n) is 2.46. The van der Waals surface area contributed by atoms with E-state index in [1.807, 2.05) is 29.9 Å². The zero-order valence-electron chi connectivity index (χ0n) is 9.23. The summed E-state index contributed by atoms with van der Waals surface area (Å²) in [5.41, 5.74) is -0.122. The van der Waals surface area contributed by atoms with Crippen LogP contribution in [0.4, 0.5) is 0 Å². The molecule has 0 spiro atoms. The SMILES string of the molecule is Cn1cccc1C(=O)[C@@H]1CCC[C@]1(C)O. The molecule has 0 radical (unpaired) electrons. The van der Waals surface area contributed by atoms with E-state index in [9.17, 15) is 9.90 Å². The second-order valence-corrected chi connectivity index (χ2v) is 4.67. The van der Waals surface area contributed by atoms with Crippen LogP contribution in [0.25, 0.3) is 0 Å². The van der Waals surface area contributed by atoms with E-state index in [-0.39, 0.29) is 11.7 Å². The Kier molecular flexibility index (Phi) is 2.43. The molecule has 0 amide bonds. The Hall–Kier alpha value is -1.09. The topological polar surface area (TPSA) is 42.2 Å². The molecule has 1 heterocycles. The minimum atomic E-state index is -0.818. The van der Waals surface area contributed by atoms with Crippen LogP contribution in [0.2, 0.25) is 0 Å². The maximum absolute atomic E-state index is 12.2. The average Bonchev–Trinajstić information content (AvgIpc) is 2.70. The van der Waals surface area contributed by atoms with Crippen molar-refractivity contribution in [2.45, 2.75) is 31.8 Å². The number of Topliss-reactive ketones (excluding diaryl/α,β-unsaturated/α-hetero) is 1. The van der Waals surface area contributed by atoms with Crippen LogP contribution < -0.4 is 0 Å². The Bertz CT molecular complexity index is 379. The van der Waals surface area contributed by atoms with Crippen molar-refractivity contribution in [2.24, 2.45) is 13.0 Å². The fourth-order valence-corrected chi connectivity index (χ4v) is 2.46. The van der Waals surface area contributed by atoms with Gasteiger partial charge in [0.1, 0.15) is 0 Å². The molecule has 15 heavy (non-hydrogen) atoms. The maximum atomic E-state index is 12.2. The summed E-state index contributed by atoms with van der Waals surface area (Å²) in [7, 11) is 1.86. The van der Waals surface area contributed by atoms with Crippen LogP contribution in [-0.4, -0.2) is 21.1 Å². The first-order valence-corrected chi connectivity index (χ1v) is 5.40. The molecule has 0 unspecified atom stereocenters. The van der Waals surface area contributed by atoms with Gasteiger partial charge in [0.05, 0.1) is 17.2 Å². The number of hydrogen-bond donors (Lipinski definition) is 1. The maximum Gasteiger partial charge on any atom is 0.185 e. The molecule has 1 aromatic heterocycles. The smallest absolute Gasteiger partial charge is 0.185 e. The molecule has 0 aromatic carbocycles. The molecule has 3 nitrogen and oxygen atoms in total. The van der Waals surface area contributed by atoms with Crippen molar-refractivity contribution >= 4 is 5.78 Å². The number of aromatic nitrogens is 1. The summed E-state index contributed by atoms with van der Waals surface area (Å²) in [4.78, 5) is 12.2. The largest absolute Gasteiger partial charge is 0.389 e. The highest BCUT2D eigenvalue weighted by Crippen LogP contribution is 2.37. The summed E-state index contributed by atoms with van der Waals surface area (Å²) >= 11 is 0. The van der Waals surface area contributed by atoms with Crippen LogP contribution in [0.1, 0.15) is 36.7 Å². The Morgan fingerprint density at radius 2 is 2.40 bits per heavy atom. The summed E-state index contributed by atoms with van der Waals surface area (Å²) in [6.07, 6.45) is 4.33. The fraction of sp³-hybridized carbons (Fsp3) is 0.583. The van der Waals surface area contributed by atoms with Crippen molar-refractivity contribution in [1.82, 2.24) is 4.57 Å². The molecular formula is C12H17NO2. The third-order valence-corrected chi connectivity index (χ3v) is 3.44. The molecule has 1 aliphatic carbocycles. The summed E-state index contributed by atoms with van der Waals surface area (Å²) in [5.74, 6) is -0.156. The van der Waals surface area contributed by atoms with Gasteiger partial charge in [-0.1, -0.05) is 0 Å². The van der Waals surface area contributed by atoms with E-state index >= 15 is 0 Å². The standard InChI is InChI=1S/C12H17NO2/c1-12(15)7-3-5-9(12)11(14)10-6-4-8-13(10)2/h4,6,8-9,15H,3,5,7H2,1-2H3/t9-,12-/m0/s1. The normalized spacial score (nSPS) is 30.7. The lowest BCUT2D eigenvalue weighted by Gasteiger charge is -2.24. The van der Waals surface area contributed by atoms with E-state index in [1.165, 1.54) is 0 Å². The summed E-state index contributed by atoms with van der Waals surface area (Å²) < 4.78 is 1.82. The average molecular weight is 207 g/mol. The summed E-state index contributed by atoms with van der Waals surface area (Å²) in [6, 6.07) is 3.67. The van der Waals surface area contributed by atoms with Gasteiger partial charge in [-0.2, -0.15) is 0 Å². The first-order chi connectivity index (χ1) is 7.02. The highest BCUT2D eigenvalue weighted by atomic mass is 16.3. The van der Waals surface area contributed by atoms with Gasteiger partial charge in [0.2, 0.25) is 0 Å². The third-order valence-electron chi connectivity index (χ3n) is 3.44. The number of carbonyl (C=O) groups is 1. The Labute approximate surface area is 89.7 Å². The first-order valence-electron chi connectivity index (χ1n) is 5.40. The quantitative estimate of drug-likeness (QED) is 0.751. The molecule has 0 aliphatic heterocycles. The lowest BCUT2D eigenvalue weighted by molar-refractivity contribution is 0.0220. The van der Waals surface area contributed by atoms with E-state index in [0.717, 1.165) is 19.3 Å². The van der Waals surface area contributed by atoms with Crippen LogP contribution >= 0.6 is 0 Å². The highest BCUT2D eigenvalue weighted by Gasteiger charge is 2.42. The van der Waals surface area contributed by atoms with Gasteiger partial charge in [0, 0.05) is 13.2 Å². The molecule has 1 aliphatic rings. The Morgan fingerprint density at radius 3 is 2.87 bits per heavy atom. The van der Waals surface area contributed by atoms with Crippen LogP contribution in [0.5, 0.6) is 0 Å². The van der Waals surface area contributed by atoms with Gasteiger partial charge >= 0.3 is 0 Å². The number of rotatable bonds is 2. The van der Waals surface area contributed by atoms with Crippen molar-refractivity contribution in [2.75, 3.05) is 0 Å². The summed E-state index contributed by atoms with van der Waals surface area (Å²) in [6.45, 7) is 1.77. The van der Waals surface area contributed by atoms with E-state index in [2.05, 4.69) is 0 Å². The lowest BCUT2D eigenvalue weighted by Crippen LogP contribution is -2.35. The first kappa shape index (κ1) is 10.4. The van der Waals surface area contributed by atoms with Gasteiger partial charge in [-0.05, 0) is 38.3 Å². The Balaban J connectivity index is 2.26. The zero-order valence-corrected chi connectivity index (χ0v) is 9.23.